The van der Waals surface area contributed by atoms with Gasteiger partial charge in [0.05, 0.1) is 44.3 Å². The monoisotopic (exact) mass is 463 g/mol. The molecule has 0 bridgehead atoms. The summed E-state index contributed by atoms with van der Waals surface area (Å²) >= 11 is 0. The SMILES string of the molecule is COc1ccc(COCC[C@@H](O)C[C@H](O)[C@H](CO)NS(=O)(=O)CC[Si](C)(C)C)cc1. The van der Waals surface area contributed by atoms with Crippen LogP contribution in [0.1, 0.15) is 18.4 Å². The first-order valence-corrected chi connectivity index (χ1v) is 15.5. The van der Waals surface area contributed by atoms with E-state index >= 15 is 0 Å². The van der Waals surface area contributed by atoms with Gasteiger partial charge < -0.3 is 24.8 Å². The van der Waals surface area contributed by atoms with Crippen molar-refractivity contribution in [3.63, 3.8) is 0 Å². The van der Waals surface area contributed by atoms with Gasteiger partial charge in [0.2, 0.25) is 10.0 Å². The quantitative estimate of drug-likeness (QED) is 0.228. The molecule has 0 saturated carbocycles. The van der Waals surface area contributed by atoms with E-state index in [1.807, 2.05) is 24.3 Å². The molecule has 0 saturated heterocycles. The molecule has 0 unspecified atom stereocenters. The number of ether oxygens (including phenoxy) is 2. The Hall–Kier alpha value is -1.01. The highest BCUT2D eigenvalue weighted by Crippen LogP contribution is 2.14. The molecule has 1 aromatic rings. The average molecular weight is 464 g/mol. The molecule has 0 aromatic heterocycles. The lowest BCUT2D eigenvalue weighted by molar-refractivity contribution is 0.0237. The molecule has 0 aliphatic rings. The molecule has 0 radical (unpaired) electrons. The maximum Gasteiger partial charge on any atom is 0.211 e. The standard InChI is InChI=1S/C20H37NO7SSi/c1-27-18-7-5-16(6-8-18)15-28-10-9-17(23)13-20(24)19(14-22)21-29(25,26)11-12-30(2,3)4/h5-8,17,19-24H,9-15H2,1-4H3/t17-,19+,20+/m1/s1. The summed E-state index contributed by atoms with van der Waals surface area (Å²) in [6.07, 6.45) is -1.86. The van der Waals surface area contributed by atoms with E-state index in [0.29, 0.717) is 12.7 Å². The normalized spacial score (nSPS) is 15.6. The Balaban J connectivity index is 2.38. The maximum atomic E-state index is 12.2. The van der Waals surface area contributed by atoms with E-state index in [4.69, 9.17) is 9.47 Å². The van der Waals surface area contributed by atoms with Crippen molar-refractivity contribution in [2.45, 2.75) is 63.4 Å². The summed E-state index contributed by atoms with van der Waals surface area (Å²) in [5.41, 5.74) is 0.971. The number of methoxy groups -OCH3 is 1. The number of aliphatic hydroxyl groups is 3. The van der Waals surface area contributed by atoms with Crippen LogP contribution in [-0.2, 0) is 21.4 Å². The van der Waals surface area contributed by atoms with Crippen LogP contribution in [0.2, 0.25) is 25.7 Å². The molecular formula is C20H37NO7SSi. The molecule has 4 N–H and O–H groups in total. The van der Waals surface area contributed by atoms with Crippen molar-refractivity contribution in [3.8, 4) is 5.75 Å². The number of benzene rings is 1. The fourth-order valence-corrected chi connectivity index (χ4v) is 6.99. The summed E-state index contributed by atoms with van der Waals surface area (Å²) in [6, 6.07) is 6.99. The molecule has 1 aromatic carbocycles. The molecule has 0 fully saturated rings. The van der Waals surface area contributed by atoms with Crippen LogP contribution in [0.15, 0.2) is 24.3 Å². The third-order valence-electron chi connectivity index (χ3n) is 4.65. The second-order valence-corrected chi connectivity index (χ2v) is 16.2. The van der Waals surface area contributed by atoms with Crippen molar-refractivity contribution in [1.82, 2.24) is 4.72 Å². The van der Waals surface area contributed by atoms with E-state index in [1.165, 1.54) is 0 Å². The van der Waals surface area contributed by atoms with Crippen molar-refractivity contribution < 1.29 is 33.2 Å². The van der Waals surface area contributed by atoms with Crippen LogP contribution >= 0.6 is 0 Å². The predicted molar refractivity (Wildman–Crippen MR) is 120 cm³/mol. The van der Waals surface area contributed by atoms with Gasteiger partial charge in [-0.05, 0) is 30.2 Å². The van der Waals surface area contributed by atoms with Crippen molar-refractivity contribution in [1.29, 1.82) is 0 Å². The Bertz CT molecular complexity index is 707. The predicted octanol–water partition coefficient (Wildman–Crippen LogP) is 1.33. The van der Waals surface area contributed by atoms with Crippen LogP contribution in [0, 0.1) is 0 Å². The van der Waals surface area contributed by atoms with Gasteiger partial charge in [0.1, 0.15) is 5.75 Å². The summed E-state index contributed by atoms with van der Waals surface area (Å²) in [6.45, 7) is 6.35. The third-order valence-corrected chi connectivity index (χ3v) is 8.17. The Kier molecular flexibility index (Phi) is 11.5. The number of hydrogen-bond donors (Lipinski definition) is 4. The van der Waals surface area contributed by atoms with E-state index < -0.39 is 43.0 Å². The minimum absolute atomic E-state index is 0.0340. The summed E-state index contributed by atoms with van der Waals surface area (Å²) in [5.74, 6) is 0.728. The van der Waals surface area contributed by atoms with Gasteiger partial charge >= 0.3 is 0 Å². The summed E-state index contributed by atoms with van der Waals surface area (Å²) in [7, 11) is -3.55. The second kappa shape index (κ2) is 12.7. The molecule has 0 amide bonds. The molecule has 10 heteroatoms. The Morgan fingerprint density at radius 3 is 2.30 bits per heavy atom. The molecule has 3 atom stereocenters. The fourth-order valence-electron chi connectivity index (χ4n) is 2.66. The minimum atomic E-state index is -3.61. The molecule has 30 heavy (non-hydrogen) atoms. The van der Waals surface area contributed by atoms with Crippen molar-refractivity contribution >= 4 is 18.1 Å². The summed E-state index contributed by atoms with van der Waals surface area (Å²) in [4.78, 5) is 0. The first-order valence-electron chi connectivity index (χ1n) is 10.1. The Labute approximate surface area is 181 Å². The van der Waals surface area contributed by atoms with E-state index in [-0.39, 0.29) is 25.2 Å². The summed E-state index contributed by atoms with van der Waals surface area (Å²) in [5, 5.41) is 29.9. The van der Waals surface area contributed by atoms with Crippen molar-refractivity contribution in [3.05, 3.63) is 29.8 Å². The lowest BCUT2D eigenvalue weighted by Crippen LogP contribution is -2.48. The largest absolute Gasteiger partial charge is 0.497 e. The number of sulfonamides is 1. The Morgan fingerprint density at radius 2 is 1.77 bits per heavy atom. The minimum Gasteiger partial charge on any atom is -0.497 e. The topological polar surface area (TPSA) is 125 Å². The van der Waals surface area contributed by atoms with Crippen molar-refractivity contribution in [2.75, 3.05) is 26.1 Å². The van der Waals surface area contributed by atoms with E-state index in [1.54, 1.807) is 7.11 Å². The number of hydrogen-bond acceptors (Lipinski definition) is 7. The van der Waals surface area contributed by atoms with Gasteiger partial charge in [-0.2, -0.15) is 0 Å². The van der Waals surface area contributed by atoms with Gasteiger partial charge in [-0.15, -0.1) is 0 Å². The Morgan fingerprint density at radius 1 is 1.13 bits per heavy atom. The summed E-state index contributed by atoms with van der Waals surface area (Å²) < 4.78 is 37.4. The van der Waals surface area contributed by atoms with Crippen LogP contribution in [0.4, 0.5) is 0 Å². The van der Waals surface area contributed by atoms with Gasteiger partial charge in [-0.1, -0.05) is 31.8 Å². The van der Waals surface area contributed by atoms with Gasteiger partial charge in [0.25, 0.3) is 0 Å². The number of aliphatic hydroxyl groups excluding tert-OH is 3. The van der Waals surface area contributed by atoms with Crippen LogP contribution < -0.4 is 9.46 Å². The molecular weight excluding hydrogens is 426 g/mol. The zero-order valence-electron chi connectivity index (χ0n) is 18.4. The van der Waals surface area contributed by atoms with E-state index in [9.17, 15) is 23.7 Å². The lowest BCUT2D eigenvalue weighted by Gasteiger charge is -2.25. The van der Waals surface area contributed by atoms with Gasteiger partial charge in [-0.3, -0.25) is 0 Å². The van der Waals surface area contributed by atoms with Crippen LogP contribution in [-0.4, -0.2) is 76.1 Å². The van der Waals surface area contributed by atoms with Gasteiger partial charge in [0.15, 0.2) is 0 Å². The van der Waals surface area contributed by atoms with E-state index in [0.717, 1.165) is 11.3 Å². The third kappa shape index (κ3) is 11.4. The zero-order valence-corrected chi connectivity index (χ0v) is 20.2. The molecule has 8 nitrogen and oxygen atoms in total. The molecule has 0 aliphatic carbocycles. The van der Waals surface area contributed by atoms with Crippen LogP contribution in [0.25, 0.3) is 0 Å². The fraction of sp³-hybridized carbons (Fsp3) is 0.700. The first-order chi connectivity index (χ1) is 14.0. The number of nitrogens with one attached hydrogen (secondary N) is 1. The maximum absolute atomic E-state index is 12.2. The molecule has 1 rings (SSSR count). The first kappa shape index (κ1) is 27.0. The number of rotatable bonds is 15. The van der Waals surface area contributed by atoms with E-state index in [2.05, 4.69) is 24.4 Å². The highest BCUT2D eigenvalue weighted by atomic mass is 32.2. The highest BCUT2D eigenvalue weighted by molar-refractivity contribution is 7.89. The molecule has 174 valence electrons. The molecule has 0 spiro atoms. The molecule has 0 heterocycles. The molecule has 0 aliphatic heterocycles. The lowest BCUT2D eigenvalue weighted by atomic mass is 10.0. The highest BCUT2D eigenvalue weighted by Gasteiger charge is 2.27. The average Bonchev–Trinajstić information content (AvgIpc) is 2.68. The second-order valence-electron chi connectivity index (χ2n) is 8.68. The van der Waals surface area contributed by atoms with Gasteiger partial charge in [0, 0.05) is 21.1 Å². The van der Waals surface area contributed by atoms with Crippen LogP contribution in [0.5, 0.6) is 5.75 Å². The van der Waals surface area contributed by atoms with Crippen molar-refractivity contribution in [2.24, 2.45) is 0 Å². The van der Waals surface area contributed by atoms with Gasteiger partial charge in [-0.25, -0.2) is 13.1 Å². The smallest absolute Gasteiger partial charge is 0.211 e. The van der Waals surface area contributed by atoms with Crippen LogP contribution in [0.3, 0.4) is 0 Å². The zero-order chi connectivity index (χ0) is 22.8.